The van der Waals surface area contributed by atoms with Gasteiger partial charge in [-0.1, -0.05) is 59.8 Å². The van der Waals surface area contributed by atoms with Gasteiger partial charge in [0.15, 0.2) is 5.82 Å². The van der Waals surface area contributed by atoms with Crippen molar-refractivity contribution in [3.05, 3.63) is 107 Å². The van der Waals surface area contributed by atoms with Crippen LogP contribution in [0.4, 0.5) is 10.5 Å². The lowest BCUT2D eigenvalue weighted by Crippen LogP contribution is -2.51. The molecule has 2 aromatic heterocycles. The number of hydrogen-bond donors (Lipinski definition) is 2. The van der Waals surface area contributed by atoms with Crippen molar-refractivity contribution in [2.45, 2.75) is 57.5 Å². The van der Waals surface area contributed by atoms with Crippen LogP contribution in [0.2, 0.25) is 0 Å². The number of aromatic nitrogens is 4. The average Bonchev–Trinajstić information content (AvgIpc) is 3.71. The fourth-order valence-electron chi connectivity index (χ4n) is 6.53. The Morgan fingerprint density at radius 2 is 1.84 bits per heavy atom. The highest BCUT2D eigenvalue weighted by molar-refractivity contribution is 5.92. The van der Waals surface area contributed by atoms with Crippen LogP contribution < -0.4 is 5.32 Å². The number of aryl methyl sites for hydroxylation is 1. The van der Waals surface area contributed by atoms with Crippen LogP contribution in [0.3, 0.4) is 0 Å². The van der Waals surface area contributed by atoms with Crippen LogP contribution in [0.15, 0.2) is 77.4 Å². The molecule has 0 saturated carbocycles. The van der Waals surface area contributed by atoms with E-state index in [2.05, 4.69) is 45.8 Å². The zero-order chi connectivity index (χ0) is 30.0. The number of nitrogens with one attached hydrogen (secondary N) is 2. The van der Waals surface area contributed by atoms with Crippen molar-refractivity contribution in [3.8, 4) is 0 Å². The minimum Gasteiger partial charge on any atom is -0.343 e. The normalized spacial score (nSPS) is 16.2. The van der Waals surface area contributed by atoms with Gasteiger partial charge < -0.3 is 19.6 Å². The number of hydrogen-bond acceptors (Lipinski definition) is 6. The van der Waals surface area contributed by atoms with Crippen molar-refractivity contribution >= 4 is 28.5 Å². The van der Waals surface area contributed by atoms with E-state index in [-0.39, 0.29) is 30.3 Å². The first-order valence-electron chi connectivity index (χ1n) is 15.2. The molecular weight excluding hydrogens is 554 g/mol. The van der Waals surface area contributed by atoms with Gasteiger partial charge in [-0.3, -0.25) is 9.89 Å². The predicted octanol–water partition coefficient (Wildman–Crippen LogP) is 5.60. The Kier molecular flexibility index (Phi) is 7.55. The van der Waals surface area contributed by atoms with Gasteiger partial charge in [0.25, 0.3) is 0 Å². The van der Waals surface area contributed by atoms with Crippen LogP contribution in [0, 0.1) is 6.92 Å². The van der Waals surface area contributed by atoms with E-state index in [1.165, 1.54) is 0 Å². The van der Waals surface area contributed by atoms with Crippen molar-refractivity contribution in [1.82, 2.24) is 30.1 Å². The highest BCUT2D eigenvalue weighted by atomic mass is 16.5. The molecule has 1 unspecified atom stereocenters. The zero-order valence-corrected chi connectivity index (χ0v) is 24.7. The molecule has 3 aromatic carbocycles. The first-order valence-corrected chi connectivity index (χ1v) is 15.2. The molecule has 4 heterocycles. The van der Waals surface area contributed by atoms with Gasteiger partial charge in [-0.25, -0.2) is 4.79 Å². The van der Waals surface area contributed by atoms with Gasteiger partial charge in [0, 0.05) is 49.6 Å². The summed E-state index contributed by atoms with van der Waals surface area (Å²) in [4.78, 5) is 35.2. The van der Waals surface area contributed by atoms with Crippen LogP contribution in [0.25, 0.3) is 10.9 Å². The van der Waals surface area contributed by atoms with Crippen LogP contribution in [0.1, 0.15) is 59.1 Å². The summed E-state index contributed by atoms with van der Waals surface area (Å²) >= 11 is 0. The van der Waals surface area contributed by atoms with Crippen LogP contribution in [0.5, 0.6) is 0 Å². The molecule has 3 amide bonds. The number of carbonyl (C=O) groups excluding carboxylic acids is 2. The fourth-order valence-corrected chi connectivity index (χ4v) is 6.53. The molecule has 224 valence electrons. The Labute approximate surface area is 255 Å². The van der Waals surface area contributed by atoms with E-state index in [1.54, 1.807) is 0 Å². The number of rotatable bonds is 8. The van der Waals surface area contributed by atoms with Gasteiger partial charge in [-0.05, 0) is 60.6 Å². The monoisotopic (exact) mass is 589 g/mol. The molecule has 2 aliphatic heterocycles. The first kappa shape index (κ1) is 27.8. The number of likely N-dealkylation sites (tertiary alicyclic amines) is 1. The van der Waals surface area contributed by atoms with E-state index in [0.717, 1.165) is 51.7 Å². The lowest BCUT2D eigenvalue weighted by Gasteiger charge is -2.40. The molecule has 2 N–H and O–H groups in total. The minimum absolute atomic E-state index is 0.0609. The zero-order valence-electron chi connectivity index (χ0n) is 24.7. The quantitative estimate of drug-likeness (QED) is 0.243. The second kappa shape index (κ2) is 11.9. The Bertz CT molecular complexity index is 1790. The number of fused-ring (bicyclic) bond motifs is 2. The topological polar surface area (TPSA) is 120 Å². The molecule has 1 saturated heterocycles. The number of carbonyl (C=O) groups is 2. The Hall–Kier alpha value is -4.99. The molecule has 10 nitrogen and oxygen atoms in total. The SMILES string of the molecule is Cc1cc(CC(CC(=O)N2CCC(N3Cc4ccccc4NC3=O)CC2)c2nc(Cc3ccccc3)no2)cc2cn[nH]c12. The van der Waals surface area contributed by atoms with Gasteiger partial charge in [0.05, 0.1) is 17.6 Å². The highest BCUT2D eigenvalue weighted by Crippen LogP contribution is 2.30. The van der Waals surface area contributed by atoms with Crippen molar-refractivity contribution in [3.63, 3.8) is 0 Å². The van der Waals surface area contributed by atoms with Gasteiger partial charge in [-0.15, -0.1) is 0 Å². The van der Waals surface area contributed by atoms with E-state index in [1.807, 2.05) is 64.5 Å². The lowest BCUT2D eigenvalue weighted by molar-refractivity contribution is -0.133. The number of benzene rings is 3. The summed E-state index contributed by atoms with van der Waals surface area (Å²) in [6.07, 6.45) is 4.71. The standard InChI is InChI=1S/C34H35N7O3/c1-22-15-24(17-27-20-35-38-32(22)27)16-26(33-37-30(39-44-33)18-23-7-3-2-4-8-23)19-31(42)40-13-11-28(12-14-40)41-21-25-9-5-6-10-29(25)36-34(41)43/h2-10,15,17,20,26,28H,11-14,16,18-19,21H2,1H3,(H,35,38)(H,36,43). The summed E-state index contributed by atoms with van der Waals surface area (Å²) in [6, 6.07) is 22.2. The maximum atomic E-state index is 13.7. The molecule has 0 bridgehead atoms. The minimum atomic E-state index is -0.273. The van der Waals surface area contributed by atoms with Gasteiger partial charge in [0.1, 0.15) is 0 Å². The molecule has 0 spiro atoms. The van der Waals surface area contributed by atoms with Gasteiger partial charge in [0.2, 0.25) is 11.8 Å². The molecule has 5 aromatic rings. The lowest BCUT2D eigenvalue weighted by atomic mass is 9.93. The number of para-hydroxylation sites is 1. The third-order valence-corrected chi connectivity index (χ3v) is 8.87. The first-order chi connectivity index (χ1) is 21.5. The Balaban J connectivity index is 1.05. The van der Waals surface area contributed by atoms with Gasteiger partial charge >= 0.3 is 6.03 Å². The number of piperidine rings is 1. The van der Waals surface area contributed by atoms with Crippen molar-refractivity contribution in [1.29, 1.82) is 0 Å². The Morgan fingerprint density at radius 1 is 1.05 bits per heavy atom. The summed E-state index contributed by atoms with van der Waals surface area (Å²) in [5, 5.41) is 15.6. The van der Waals surface area contributed by atoms with E-state index in [0.29, 0.717) is 44.2 Å². The number of H-pyrrole nitrogens is 1. The third kappa shape index (κ3) is 5.79. The molecule has 10 heteroatoms. The largest absolute Gasteiger partial charge is 0.343 e. The summed E-state index contributed by atoms with van der Waals surface area (Å²) in [5.41, 5.74) is 6.29. The summed E-state index contributed by atoms with van der Waals surface area (Å²) < 4.78 is 5.80. The van der Waals surface area contributed by atoms with E-state index < -0.39 is 0 Å². The van der Waals surface area contributed by atoms with Crippen LogP contribution >= 0.6 is 0 Å². The molecule has 1 fully saturated rings. The number of nitrogens with zero attached hydrogens (tertiary/aromatic N) is 5. The maximum absolute atomic E-state index is 13.7. The molecule has 0 aliphatic carbocycles. The number of aromatic amines is 1. The summed E-state index contributed by atoms with van der Waals surface area (Å²) in [7, 11) is 0. The molecule has 1 atom stereocenters. The molecule has 0 radical (unpaired) electrons. The van der Waals surface area contributed by atoms with Crippen molar-refractivity contribution in [2.75, 3.05) is 18.4 Å². The van der Waals surface area contributed by atoms with E-state index >= 15 is 0 Å². The number of anilines is 1. The van der Waals surface area contributed by atoms with Crippen LogP contribution in [-0.2, 0) is 24.2 Å². The average molecular weight is 590 g/mol. The van der Waals surface area contributed by atoms with Crippen molar-refractivity contribution in [2.24, 2.45) is 0 Å². The second-order valence-corrected chi connectivity index (χ2v) is 11.9. The smallest absolute Gasteiger partial charge is 0.322 e. The van der Waals surface area contributed by atoms with Crippen LogP contribution in [-0.4, -0.2) is 61.2 Å². The summed E-state index contributed by atoms with van der Waals surface area (Å²) in [5.74, 6) is 0.872. The van der Waals surface area contributed by atoms with E-state index in [9.17, 15) is 9.59 Å². The maximum Gasteiger partial charge on any atom is 0.322 e. The van der Waals surface area contributed by atoms with E-state index in [4.69, 9.17) is 9.51 Å². The summed E-state index contributed by atoms with van der Waals surface area (Å²) in [6.45, 7) is 3.85. The van der Waals surface area contributed by atoms with Gasteiger partial charge in [-0.2, -0.15) is 10.1 Å². The Morgan fingerprint density at radius 3 is 2.68 bits per heavy atom. The molecule has 2 aliphatic rings. The highest BCUT2D eigenvalue weighted by Gasteiger charge is 2.34. The third-order valence-electron chi connectivity index (χ3n) is 8.87. The fraction of sp³-hybridized carbons (Fsp3) is 0.324. The van der Waals surface area contributed by atoms with Crippen molar-refractivity contribution < 1.29 is 14.1 Å². The molecular formula is C34H35N7O3. The molecule has 7 rings (SSSR count). The second-order valence-electron chi connectivity index (χ2n) is 11.9. The number of urea groups is 1. The molecule has 44 heavy (non-hydrogen) atoms. The predicted molar refractivity (Wildman–Crippen MR) is 166 cm³/mol. The number of amides is 3.